The lowest BCUT2D eigenvalue weighted by Gasteiger charge is -1.94. The van der Waals surface area contributed by atoms with Crippen molar-refractivity contribution in [1.29, 1.82) is 0 Å². The predicted molar refractivity (Wildman–Crippen MR) is 144 cm³/mol. The quantitative estimate of drug-likeness (QED) is 0.123. The predicted octanol–water partition coefficient (Wildman–Crippen LogP) is 3.30. The number of aromatic nitrogens is 4. The van der Waals surface area contributed by atoms with Gasteiger partial charge in [0, 0.05) is 43.0 Å². The first-order valence-electron chi connectivity index (χ1n) is 10.1. The minimum atomic E-state index is -0.936. The molecule has 0 unspecified atom stereocenters. The van der Waals surface area contributed by atoms with Crippen LogP contribution in [-0.4, -0.2) is 44.9 Å². The lowest BCUT2D eigenvalue weighted by molar-refractivity contribution is -0.387. The summed E-state index contributed by atoms with van der Waals surface area (Å²) < 4.78 is 0. The summed E-state index contributed by atoms with van der Waals surface area (Å²) in [6.45, 7) is 0. The Hall–Kier alpha value is -5.33. The summed E-state index contributed by atoms with van der Waals surface area (Å²) in [4.78, 5) is 69.9. The second-order valence-electron chi connectivity index (χ2n) is 6.66. The summed E-state index contributed by atoms with van der Waals surface area (Å²) in [5.41, 5.74) is -3.68. The number of aromatic hydroxyl groups is 2. The number of rotatable bonds is 3. The van der Waals surface area contributed by atoms with Gasteiger partial charge in [0.05, 0.1) is 14.8 Å². The Balaban J connectivity index is 0.000000275. The van der Waals surface area contributed by atoms with E-state index in [-0.39, 0.29) is 32.3 Å². The highest BCUT2D eigenvalue weighted by atomic mass is 35.5. The average molecular weight is 635 g/mol. The van der Waals surface area contributed by atoms with Crippen molar-refractivity contribution < 1.29 is 25.0 Å². The van der Waals surface area contributed by atoms with E-state index in [1.807, 2.05) is 0 Å². The molecule has 0 aliphatic heterocycles. The van der Waals surface area contributed by atoms with E-state index < -0.39 is 42.9 Å². The zero-order chi connectivity index (χ0) is 31.3. The third-order valence-corrected chi connectivity index (χ3v) is 4.81. The average Bonchev–Trinajstić information content (AvgIpc) is 2.84. The van der Waals surface area contributed by atoms with E-state index in [0.29, 0.717) is 0 Å². The molecule has 4 rings (SSSR count). The minimum Gasteiger partial charge on any atom is -0.508 e. The molecule has 216 valence electrons. The van der Waals surface area contributed by atoms with Crippen LogP contribution in [0.2, 0.25) is 15.3 Å². The van der Waals surface area contributed by atoms with Crippen LogP contribution in [0.1, 0.15) is 0 Å². The van der Waals surface area contributed by atoms with Gasteiger partial charge in [0.15, 0.2) is 5.15 Å². The summed E-state index contributed by atoms with van der Waals surface area (Å²) in [6.07, 6.45) is 5.07. The number of aromatic amines is 3. The normalized spacial score (nSPS) is 9.44. The van der Waals surface area contributed by atoms with Gasteiger partial charge in [0.25, 0.3) is 11.0 Å². The summed E-state index contributed by atoms with van der Waals surface area (Å²) in [6, 6.07) is 5.91. The fourth-order valence-electron chi connectivity index (χ4n) is 2.26. The molecule has 0 aliphatic rings. The lowest BCUT2D eigenvalue weighted by atomic mass is 10.4. The lowest BCUT2D eigenvalue weighted by Crippen LogP contribution is -2.10. The van der Waals surface area contributed by atoms with Crippen LogP contribution in [0.5, 0.6) is 11.5 Å². The van der Waals surface area contributed by atoms with Gasteiger partial charge >= 0.3 is 22.6 Å². The largest absolute Gasteiger partial charge is 0.508 e. The molecule has 0 aliphatic carbocycles. The van der Waals surface area contributed by atoms with E-state index in [4.69, 9.17) is 45.0 Å². The Kier molecular flexibility index (Phi) is 13.1. The highest BCUT2D eigenvalue weighted by Gasteiger charge is 2.18. The van der Waals surface area contributed by atoms with Crippen LogP contribution in [0.3, 0.4) is 0 Å². The summed E-state index contributed by atoms with van der Waals surface area (Å²) in [7, 11) is 0. The molecule has 0 saturated heterocycles. The van der Waals surface area contributed by atoms with Crippen LogP contribution in [0.4, 0.5) is 17.1 Å². The Bertz CT molecular complexity index is 1630. The number of nitrogens with zero attached hydrogens (tertiary/aromatic N) is 4. The molecule has 0 bridgehead atoms. The van der Waals surface area contributed by atoms with Crippen LogP contribution in [0.25, 0.3) is 0 Å². The van der Waals surface area contributed by atoms with Crippen molar-refractivity contribution in [3.8, 4) is 11.5 Å². The van der Waals surface area contributed by atoms with Gasteiger partial charge in [-0.25, -0.2) is 4.98 Å². The molecule has 0 atom stereocenters. The van der Waals surface area contributed by atoms with Crippen LogP contribution in [0.15, 0.2) is 69.5 Å². The first-order valence-corrected chi connectivity index (χ1v) is 11.2. The third kappa shape index (κ3) is 10.8. The number of hydrogen-bond acceptors (Lipinski definition) is 12. The van der Waals surface area contributed by atoms with E-state index in [9.17, 15) is 44.7 Å². The van der Waals surface area contributed by atoms with Crippen LogP contribution in [-0.2, 0) is 0 Å². The van der Waals surface area contributed by atoms with E-state index in [1.165, 1.54) is 30.7 Å². The zero-order valence-electron chi connectivity index (χ0n) is 19.7. The monoisotopic (exact) mass is 633 g/mol. The molecular weight excluding hydrogens is 621 g/mol. The van der Waals surface area contributed by atoms with Crippen molar-refractivity contribution in [1.82, 2.24) is 19.9 Å². The smallest absolute Gasteiger partial charge is 0.374 e. The van der Waals surface area contributed by atoms with Gasteiger partial charge < -0.3 is 25.2 Å². The maximum Gasteiger partial charge on any atom is 0.374 e. The van der Waals surface area contributed by atoms with Crippen molar-refractivity contribution >= 4 is 51.9 Å². The maximum atomic E-state index is 10.7. The molecule has 4 heterocycles. The molecule has 41 heavy (non-hydrogen) atoms. The third-order valence-electron chi connectivity index (χ3n) is 3.94. The summed E-state index contributed by atoms with van der Waals surface area (Å²) in [5, 5.41) is 47.4. The van der Waals surface area contributed by atoms with Crippen molar-refractivity contribution in [2.75, 3.05) is 0 Å². The van der Waals surface area contributed by atoms with E-state index in [1.54, 1.807) is 0 Å². The first kappa shape index (κ1) is 33.7. The number of nitrogens with one attached hydrogen (secondary N) is 3. The second kappa shape index (κ2) is 15.9. The second-order valence-corrected chi connectivity index (χ2v) is 7.80. The molecular formula is C20H14Cl3N7O11. The number of H-pyrrole nitrogens is 3. The van der Waals surface area contributed by atoms with E-state index in [2.05, 4.69) is 19.9 Å². The molecule has 0 spiro atoms. The van der Waals surface area contributed by atoms with Gasteiger partial charge in [-0.05, 0) is 12.1 Å². The highest BCUT2D eigenvalue weighted by Crippen LogP contribution is 2.29. The minimum absolute atomic E-state index is 0.00463. The van der Waals surface area contributed by atoms with Crippen molar-refractivity contribution in [3.05, 3.63) is 132 Å². The molecule has 0 saturated carbocycles. The molecule has 0 amide bonds. The molecule has 0 fully saturated rings. The molecule has 0 aromatic carbocycles. The van der Waals surface area contributed by atoms with Gasteiger partial charge in [0.2, 0.25) is 10.9 Å². The Morgan fingerprint density at radius 3 is 1.66 bits per heavy atom. The van der Waals surface area contributed by atoms with Crippen molar-refractivity contribution in [2.24, 2.45) is 0 Å². The fraction of sp³-hybridized carbons (Fsp3) is 0. The number of halogens is 3. The van der Waals surface area contributed by atoms with Crippen LogP contribution >= 0.6 is 34.8 Å². The van der Waals surface area contributed by atoms with Crippen LogP contribution in [0, 0.1) is 30.3 Å². The molecule has 18 nitrogen and oxygen atoms in total. The topological polar surface area (TPSA) is 281 Å². The Morgan fingerprint density at radius 1 is 0.732 bits per heavy atom. The maximum absolute atomic E-state index is 10.7. The van der Waals surface area contributed by atoms with E-state index in [0.717, 1.165) is 24.4 Å². The number of pyridine rings is 4. The van der Waals surface area contributed by atoms with Gasteiger partial charge in [-0.15, -0.1) is 0 Å². The zero-order valence-corrected chi connectivity index (χ0v) is 22.0. The summed E-state index contributed by atoms with van der Waals surface area (Å²) in [5.74, 6) is -0.632. The van der Waals surface area contributed by atoms with Crippen molar-refractivity contribution in [2.45, 2.75) is 0 Å². The van der Waals surface area contributed by atoms with E-state index >= 15 is 0 Å². The number of hydrogen-bond donors (Lipinski definition) is 5. The molecule has 0 radical (unpaired) electrons. The Labute approximate surface area is 239 Å². The van der Waals surface area contributed by atoms with Gasteiger partial charge in [0.1, 0.15) is 10.8 Å². The molecule has 21 heteroatoms. The van der Waals surface area contributed by atoms with Crippen molar-refractivity contribution in [3.63, 3.8) is 0 Å². The van der Waals surface area contributed by atoms with Crippen LogP contribution < -0.4 is 16.5 Å². The standard InChI is InChI=1S/C5H2Cl2N2O2.C5H3ClN2O3.C5H4N2O4.C5H5NO2/c6-3-1-2-8-5(7)4(3)9(10)11;6-5-4(8(10)11)3(9)1-2-7-5;8-3-1-2-6-5(9)4(3)7(10)11;7-4-1-2-6-5(8)3-4/h1-2H;1-2H,(H,7,9);1-2H,(H2,6,8,9);1-3H,(H2,6,7,8). The van der Waals surface area contributed by atoms with Gasteiger partial charge in [-0.1, -0.05) is 34.8 Å². The fourth-order valence-corrected chi connectivity index (χ4v) is 2.97. The first-order chi connectivity index (χ1) is 19.2. The van der Waals surface area contributed by atoms with Gasteiger partial charge in [-0.2, -0.15) is 0 Å². The SMILES string of the molecule is O=[N+]([O-])c1c(Cl)ccnc1Cl.O=c1[nH]ccc(O)c1[N+](=O)[O-].O=c1cc(O)cc[nH]1.O=c1cc[nH]c(Cl)c1[N+](=O)[O-]. The molecule has 5 N–H and O–H groups in total. The highest BCUT2D eigenvalue weighted by molar-refractivity contribution is 6.37. The summed E-state index contributed by atoms with van der Waals surface area (Å²) >= 11 is 16.2. The molecule has 4 aromatic heterocycles. The number of nitro groups is 3. The Morgan fingerprint density at radius 2 is 1.29 bits per heavy atom. The molecule has 4 aromatic rings. The van der Waals surface area contributed by atoms with Gasteiger partial charge in [-0.3, -0.25) is 44.7 Å².